The molecule has 2 aromatic carbocycles. The van der Waals surface area contributed by atoms with E-state index in [-0.39, 0.29) is 127 Å². The summed E-state index contributed by atoms with van der Waals surface area (Å²) in [5.74, 6) is -13.4. The lowest BCUT2D eigenvalue weighted by molar-refractivity contribution is -0.149. The molecule has 0 bridgehead atoms. The van der Waals surface area contributed by atoms with Crippen LogP contribution in [-0.2, 0) is 91.2 Å². The van der Waals surface area contributed by atoms with Gasteiger partial charge in [0.15, 0.2) is 23.3 Å². The Kier molecular flexibility index (Phi) is 36.3. The summed E-state index contributed by atoms with van der Waals surface area (Å²) in [5, 5.41) is 50.3. The average molecular weight is 1780 g/mol. The number of hydrogen-bond donors (Lipinski definition) is 14. The quantitative estimate of drug-likeness (QED) is 0.0115. The van der Waals surface area contributed by atoms with E-state index < -0.39 is 197 Å². The van der Waals surface area contributed by atoms with Gasteiger partial charge in [0.05, 0.1) is 43.0 Å². The third-order valence-electron chi connectivity index (χ3n) is 23.4. The van der Waals surface area contributed by atoms with Crippen molar-refractivity contribution in [1.29, 1.82) is 0 Å². The minimum absolute atomic E-state index is 0.0141. The standard InChI is InChI=1S/C86H121N17O18S3/c1-48(2)73(79(115)97-63(82(118)103-33-17-26-68(103)84(120)121)38-54-43-92-60-21-12-10-19-58(54)60)98-78(114)66-24-15-31-101(66)80(116)55(45-104)41-69(107)62(37-53-42-91-59-20-11-9-18-57(53)59)96-75(111)51(27-34-122-8)39-70(108)65-23-14-30-100(65)83(119)67-25-16-32-102(67)81(117)61(22-13-29-90-85(87)88)95-76(112)52(36-56-44-89-47-93-56)40-71(109)74(49(3)105)99-77(113)64(94-50(4)106)46-124-123-35-28-72(110)86(5,6)7/h9-12,18-21,42-44,47-49,51-52,55,61-68,73-74,91-92,104-105H,13-17,22-41,45-46H2,1-8H3,(H,89,93)(H,94,106)(H,95,112)(H,96,111)(H,97,115)(H,98,114)(H,99,113)(H,120,121)(H4,87,88,90)/t49-,51-,52-,55+,61+,62+,63+,64+,65+,66+,67+,68+,73+,74?/m1/s1. The third kappa shape index (κ3) is 26.5. The molecular formula is C86H121N17O18S3. The van der Waals surface area contributed by atoms with Crippen molar-refractivity contribution in [3.63, 3.8) is 0 Å². The summed E-state index contributed by atoms with van der Waals surface area (Å²) in [6.45, 7) is 10.9. The highest BCUT2D eigenvalue weighted by molar-refractivity contribution is 8.76. The predicted octanol–water partition coefficient (Wildman–Crippen LogP) is 3.33. The van der Waals surface area contributed by atoms with Crippen molar-refractivity contribution < 1.29 is 87.2 Å². The van der Waals surface area contributed by atoms with Gasteiger partial charge in [0, 0.05) is 154 Å². The van der Waals surface area contributed by atoms with E-state index in [1.165, 1.54) is 79.3 Å². The lowest BCUT2D eigenvalue weighted by Gasteiger charge is -2.33. The Morgan fingerprint density at radius 3 is 1.72 bits per heavy atom. The van der Waals surface area contributed by atoms with Crippen LogP contribution in [0.15, 0.2) is 78.4 Å². The number of aromatic nitrogens is 4. The van der Waals surface area contributed by atoms with E-state index in [0.29, 0.717) is 54.0 Å². The number of nitrogens with one attached hydrogen (secondary N) is 9. The van der Waals surface area contributed by atoms with Crippen LogP contribution in [0.4, 0.5) is 0 Å². The summed E-state index contributed by atoms with van der Waals surface area (Å²) >= 11 is 1.42. The highest BCUT2D eigenvalue weighted by atomic mass is 33.1. The Hall–Kier alpha value is -10.2. The van der Waals surface area contributed by atoms with Gasteiger partial charge in [-0.1, -0.05) is 92.6 Å². The molecule has 124 heavy (non-hydrogen) atoms. The molecule has 5 aromatic rings. The molecule has 10 amide bonds. The van der Waals surface area contributed by atoms with Crippen LogP contribution in [0.2, 0.25) is 0 Å². The van der Waals surface area contributed by atoms with Gasteiger partial charge in [0.25, 0.3) is 0 Å². The molecule has 0 radical (unpaired) electrons. The number of amides is 10. The van der Waals surface area contributed by atoms with Gasteiger partial charge < -0.3 is 93.2 Å². The number of aliphatic carboxylic acids is 1. The van der Waals surface area contributed by atoms with Crippen LogP contribution >= 0.6 is 33.3 Å². The predicted molar refractivity (Wildman–Crippen MR) is 470 cm³/mol. The lowest BCUT2D eigenvalue weighted by Crippen LogP contribution is -2.59. The number of aliphatic hydroxyl groups is 2. The summed E-state index contributed by atoms with van der Waals surface area (Å²) in [4.78, 5) is 237. The van der Waals surface area contributed by atoms with E-state index in [2.05, 4.69) is 56.8 Å². The molecule has 0 aliphatic carbocycles. The number of rotatable bonds is 47. The number of fused-ring (bicyclic) bond motifs is 2. The molecule has 4 fully saturated rings. The van der Waals surface area contributed by atoms with Crippen molar-refractivity contribution in [2.24, 2.45) is 45.5 Å². The molecule has 3 aromatic heterocycles. The zero-order chi connectivity index (χ0) is 90.2. The molecule has 7 heterocycles. The van der Waals surface area contributed by atoms with Gasteiger partial charge in [-0.2, -0.15) is 11.8 Å². The maximum absolute atomic E-state index is 15.2. The third-order valence-corrected chi connectivity index (χ3v) is 26.5. The zero-order valence-corrected chi connectivity index (χ0v) is 74.2. The number of aliphatic hydroxyl groups excluding tert-OH is 2. The van der Waals surface area contributed by atoms with Crippen molar-refractivity contribution in [3.8, 4) is 0 Å². The SMILES string of the molecule is CSCC[C@H](CC(=O)[C@@H]1CCCN1C(=O)[C@@H]1CCCN1C(=O)[C@H](CCCN=C(N)N)NC(=O)[C@@H](CC(=O)C(NC(=O)[C@H](CSSCCC(=O)C(C)(C)C)NC(C)=O)[C@@H](C)O)Cc1cnc[nH]1)C(=O)N[C@@H](Cc1c[nH]c2ccccc12)C(=O)C[C@@H](CO)C(=O)N1CCC[C@H]1C(=O)N[C@H](C(=O)N[C@@H](Cc1c[nH]c2ccccc12)C(=O)N1CCC[C@H]1C(=O)O)C(C)C. The number of Topliss-reactive ketones (excluding diaryl/α,β-unsaturated/α-hetero) is 4. The number of benzene rings is 2. The van der Waals surface area contributed by atoms with Crippen LogP contribution in [0.25, 0.3) is 21.8 Å². The average Bonchev–Trinajstić information content (AvgIpc) is 1.63. The van der Waals surface area contributed by atoms with E-state index >= 15 is 24.0 Å². The van der Waals surface area contributed by atoms with E-state index in [1.54, 1.807) is 32.3 Å². The van der Waals surface area contributed by atoms with E-state index in [0.717, 1.165) is 21.8 Å². The van der Waals surface area contributed by atoms with E-state index in [1.807, 2.05) is 69.5 Å². The summed E-state index contributed by atoms with van der Waals surface area (Å²) < 4.78 is 0. The number of nitrogens with zero attached hydrogens (tertiary/aromatic N) is 6. The maximum atomic E-state index is 15.2. The topological polar surface area (TPSA) is 527 Å². The molecule has 38 heteroatoms. The number of carbonyl (C=O) groups is 15. The number of guanidine groups is 1. The van der Waals surface area contributed by atoms with Crippen molar-refractivity contribution in [2.75, 3.05) is 62.8 Å². The van der Waals surface area contributed by atoms with Crippen LogP contribution in [-0.4, -0.2) is 278 Å². The second-order valence-corrected chi connectivity index (χ2v) is 37.6. The molecule has 35 nitrogen and oxygen atoms in total. The van der Waals surface area contributed by atoms with Gasteiger partial charge in [-0.3, -0.25) is 72.1 Å². The number of aromatic amines is 3. The minimum Gasteiger partial charge on any atom is -0.480 e. The Morgan fingerprint density at radius 2 is 1.14 bits per heavy atom. The van der Waals surface area contributed by atoms with Gasteiger partial charge >= 0.3 is 5.97 Å². The van der Waals surface area contributed by atoms with E-state index in [9.17, 15) is 63.3 Å². The fraction of sp³-hybridized carbons (Fsp3) is 0.593. The lowest BCUT2D eigenvalue weighted by atomic mass is 9.89. The number of likely N-dealkylation sites (tertiary alicyclic amines) is 4. The number of carboxylic acids is 1. The molecule has 4 saturated heterocycles. The Labute approximate surface area is 733 Å². The Morgan fingerprint density at radius 1 is 0.581 bits per heavy atom. The number of aliphatic imine (C=N–C) groups is 1. The number of imidazole rings is 1. The number of carboxylic acid groups (broad SMARTS) is 1. The molecule has 14 atom stereocenters. The van der Waals surface area contributed by atoms with Crippen molar-refractivity contribution >= 4 is 149 Å². The number of nitrogens with two attached hydrogens (primary N) is 2. The smallest absolute Gasteiger partial charge is 0.326 e. The molecule has 4 aliphatic rings. The van der Waals surface area contributed by atoms with Gasteiger partial charge in [-0.15, -0.1) is 0 Å². The molecule has 16 N–H and O–H groups in total. The van der Waals surface area contributed by atoms with Gasteiger partial charge in [-0.05, 0) is 119 Å². The first-order valence-corrected chi connectivity index (χ1v) is 46.5. The van der Waals surface area contributed by atoms with E-state index in [4.69, 9.17) is 11.5 Å². The molecule has 1 unspecified atom stereocenters. The van der Waals surface area contributed by atoms with Crippen LogP contribution in [0, 0.1) is 29.1 Å². The molecular weight excluding hydrogens is 1660 g/mol. The molecule has 676 valence electrons. The normalized spacial score (nSPS) is 19.0. The van der Waals surface area contributed by atoms with Gasteiger partial charge in [0.2, 0.25) is 59.1 Å². The molecule has 9 rings (SSSR count). The summed E-state index contributed by atoms with van der Waals surface area (Å²) in [7, 11) is 2.56. The molecule has 0 spiro atoms. The summed E-state index contributed by atoms with van der Waals surface area (Å²) in [5.41, 5.74) is 14.1. The molecule has 4 aliphatic heterocycles. The van der Waals surface area contributed by atoms with Crippen molar-refractivity contribution in [3.05, 3.63) is 90.3 Å². The fourth-order valence-corrected chi connectivity index (χ4v) is 19.3. The monoisotopic (exact) mass is 1780 g/mol. The summed E-state index contributed by atoms with van der Waals surface area (Å²) in [6, 6.07) is 2.30. The Balaban J connectivity index is 0.873. The summed E-state index contributed by atoms with van der Waals surface area (Å²) in [6.07, 6.45) is 7.56. The number of ketones is 4. The highest BCUT2D eigenvalue weighted by Gasteiger charge is 2.47. The largest absolute Gasteiger partial charge is 0.480 e. The van der Waals surface area contributed by atoms with Crippen molar-refractivity contribution in [2.45, 2.75) is 231 Å². The first-order valence-electron chi connectivity index (χ1n) is 42.6. The number of carbonyl (C=O) groups excluding carboxylic acids is 14. The first-order chi connectivity index (χ1) is 59.1. The second kappa shape index (κ2) is 46.2. The number of H-pyrrole nitrogens is 3. The number of thioether (sulfide) groups is 1. The van der Waals surface area contributed by atoms with Crippen LogP contribution in [0.1, 0.15) is 162 Å². The van der Waals surface area contributed by atoms with Crippen molar-refractivity contribution in [1.82, 2.24) is 71.4 Å². The zero-order valence-electron chi connectivity index (χ0n) is 71.7. The van der Waals surface area contributed by atoms with Crippen LogP contribution < -0.4 is 43.4 Å². The van der Waals surface area contributed by atoms with Gasteiger partial charge in [-0.25, -0.2) is 9.78 Å². The maximum Gasteiger partial charge on any atom is 0.326 e. The van der Waals surface area contributed by atoms with Crippen LogP contribution in [0.3, 0.4) is 0 Å². The van der Waals surface area contributed by atoms with Crippen LogP contribution in [0.5, 0.6) is 0 Å². The second-order valence-electron chi connectivity index (χ2n) is 33.9. The number of para-hydroxylation sites is 2. The highest BCUT2D eigenvalue weighted by Crippen LogP contribution is 2.33. The number of hydrogen-bond acceptors (Lipinski definition) is 22. The van der Waals surface area contributed by atoms with Gasteiger partial charge in [0.1, 0.15) is 54.1 Å². The minimum atomic E-state index is -1.58. The fourth-order valence-electron chi connectivity index (χ4n) is 16.6. The molecule has 0 saturated carbocycles. The first kappa shape index (κ1) is 97.6. The Bertz CT molecular complexity index is 4640.